The number of fused-ring (bicyclic) bond motifs is 3. The van der Waals surface area contributed by atoms with Crippen LogP contribution in [0.1, 0.15) is 39.0 Å². The molecule has 1 unspecified atom stereocenters. The van der Waals surface area contributed by atoms with E-state index >= 15 is 0 Å². The molecule has 1 aliphatic heterocycles. The van der Waals surface area contributed by atoms with E-state index in [0.29, 0.717) is 17.9 Å². The number of furan rings is 1. The van der Waals surface area contributed by atoms with Crippen LogP contribution in [0.25, 0.3) is 22.2 Å². The second kappa shape index (κ2) is 10.9. The van der Waals surface area contributed by atoms with Crippen LogP contribution in [0, 0.1) is 0 Å². The summed E-state index contributed by atoms with van der Waals surface area (Å²) in [6, 6.07) is 18.9. The molecule has 3 heterocycles. The van der Waals surface area contributed by atoms with Crippen LogP contribution in [0.2, 0.25) is 0 Å². The quantitative estimate of drug-likeness (QED) is 0.157. The topological polar surface area (TPSA) is 58.5 Å². The van der Waals surface area contributed by atoms with Crippen molar-refractivity contribution in [3.63, 3.8) is 0 Å². The van der Waals surface area contributed by atoms with E-state index in [0.717, 1.165) is 22.5 Å². The van der Waals surface area contributed by atoms with Gasteiger partial charge in [-0.15, -0.1) is 0 Å². The molecule has 0 saturated carbocycles. The lowest BCUT2D eigenvalue weighted by Gasteiger charge is -2.35. The molecular weight excluding hydrogens is 575 g/mol. The summed E-state index contributed by atoms with van der Waals surface area (Å²) in [4.78, 5) is 19.0. The second-order valence-corrected chi connectivity index (χ2v) is 10.7. The number of halogens is 5. The molecule has 1 aliphatic rings. The first kappa shape index (κ1) is 27.9. The number of nitrogens with zero attached hydrogens (tertiary/aromatic N) is 1. The molecule has 0 radical (unpaired) electrons. The smallest absolute Gasteiger partial charge is 0.417 e. The molecule has 3 aromatic carbocycles. The van der Waals surface area contributed by atoms with Crippen LogP contribution in [0.4, 0.5) is 22.0 Å². The lowest BCUT2D eigenvalue weighted by atomic mass is 9.95. The van der Waals surface area contributed by atoms with Gasteiger partial charge < -0.3 is 19.0 Å². The molecule has 5 nitrogen and oxygen atoms in total. The fraction of sp³-hybridized carbons (Fsp3) is 0.194. The van der Waals surface area contributed by atoms with Gasteiger partial charge in [0.2, 0.25) is 0 Å². The second-order valence-electron chi connectivity index (χ2n) is 9.70. The van der Waals surface area contributed by atoms with Crippen molar-refractivity contribution in [1.82, 2.24) is 9.88 Å². The molecule has 0 fully saturated rings. The lowest BCUT2D eigenvalue weighted by molar-refractivity contribution is -0.137. The van der Waals surface area contributed by atoms with E-state index in [4.69, 9.17) is 9.15 Å². The number of nitrogens with one attached hydrogen (secondary N) is 1. The number of ether oxygens (including phenoxy) is 1. The van der Waals surface area contributed by atoms with Crippen molar-refractivity contribution in [3.05, 3.63) is 107 Å². The van der Waals surface area contributed by atoms with Crippen LogP contribution < -0.4 is 4.74 Å². The molecule has 5 aromatic rings. The summed E-state index contributed by atoms with van der Waals surface area (Å²) in [5.74, 6) is -2.37. The Bertz CT molecular complexity index is 1780. The van der Waals surface area contributed by atoms with E-state index in [1.165, 1.54) is 41.3 Å². The molecule has 6 rings (SSSR count). The summed E-state index contributed by atoms with van der Waals surface area (Å²) in [6.07, 6.45) is -4.16. The van der Waals surface area contributed by atoms with E-state index < -0.39 is 29.4 Å². The Hall–Kier alpha value is -4.25. The van der Waals surface area contributed by atoms with E-state index in [1.54, 1.807) is 31.4 Å². The maximum atomic E-state index is 14.0. The van der Waals surface area contributed by atoms with E-state index in [-0.39, 0.29) is 45.8 Å². The molecule has 1 atom stereocenters. The number of aromatic amines is 1. The largest absolute Gasteiger partial charge is 0.497 e. The number of methoxy groups -OCH3 is 1. The van der Waals surface area contributed by atoms with Gasteiger partial charge in [-0.2, -0.15) is 22.0 Å². The van der Waals surface area contributed by atoms with E-state index in [2.05, 4.69) is 4.98 Å². The Morgan fingerprint density at radius 1 is 1.05 bits per heavy atom. The number of aromatic nitrogens is 1. The van der Waals surface area contributed by atoms with Gasteiger partial charge in [-0.1, -0.05) is 42.1 Å². The zero-order valence-electron chi connectivity index (χ0n) is 22.0. The number of hydrogen-bond acceptors (Lipinski definition) is 4. The summed E-state index contributed by atoms with van der Waals surface area (Å²) >= 11 is 0.281. The van der Waals surface area contributed by atoms with Crippen molar-refractivity contribution >= 4 is 28.6 Å². The zero-order valence-corrected chi connectivity index (χ0v) is 22.9. The zero-order chi connectivity index (χ0) is 29.6. The van der Waals surface area contributed by atoms with Gasteiger partial charge in [0.1, 0.15) is 23.3 Å². The highest BCUT2D eigenvalue weighted by molar-refractivity contribution is 7.99. The Balaban J connectivity index is 1.49. The highest BCUT2D eigenvalue weighted by atomic mass is 32.2. The third-order valence-corrected chi connectivity index (χ3v) is 8.11. The average Bonchev–Trinajstić information content (AvgIpc) is 3.60. The summed E-state index contributed by atoms with van der Waals surface area (Å²) < 4.78 is 79.5. The number of H-pyrrole nitrogens is 1. The van der Waals surface area contributed by atoms with Crippen molar-refractivity contribution in [2.24, 2.45) is 0 Å². The van der Waals surface area contributed by atoms with Crippen LogP contribution in [-0.2, 0) is 12.6 Å². The molecule has 11 heteroatoms. The number of carbonyl (C=O) groups excluding carboxylic acids is 1. The molecule has 216 valence electrons. The number of carbonyl (C=O) groups is 1. The van der Waals surface area contributed by atoms with Crippen LogP contribution in [0.15, 0.2) is 88.2 Å². The first-order chi connectivity index (χ1) is 20.2. The van der Waals surface area contributed by atoms with E-state index in [9.17, 15) is 26.7 Å². The first-order valence-electron chi connectivity index (χ1n) is 13.0. The minimum atomic E-state index is -4.61. The number of thioether (sulfide) groups is 1. The van der Waals surface area contributed by atoms with Gasteiger partial charge in [0, 0.05) is 27.9 Å². The summed E-state index contributed by atoms with van der Waals surface area (Å²) in [7, 11) is 1.56. The van der Waals surface area contributed by atoms with Crippen LogP contribution in [0.3, 0.4) is 0 Å². The maximum absolute atomic E-state index is 14.0. The molecule has 0 spiro atoms. The van der Waals surface area contributed by atoms with Crippen LogP contribution in [0.5, 0.6) is 5.75 Å². The Morgan fingerprint density at radius 3 is 2.57 bits per heavy atom. The Labute approximate surface area is 241 Å². The van der Waals surface area contributed by atoms with Gasteiger partial charge in [0.05, 0.1) is 23.9 Å². The predicted octanol–water partition coefficient (Wildman–Crippen LogP) is 8.56. The molecule has 0 aliphatic carbocycles. The summed E-state index contributed by atoms with van der Waals surface area (Å²) in [5, 5.41) is 0.879. The number of benzene rings is 3. The van der Waals surface area contributed by atoms with Crippen LogP contribution >= 0.6 is 11.8 Å². The van der Waals surface area contributed by atoms with Gasteiger partial charge in [-0.3, -0.25) is 4.79 Å². The fourth-order valence-electron chi connectivity index (χ4n) is 5.50. The highest BCUT2D eigenvalue weighted by Gasteiger charge is 2.39. The molecule has 42 heavy (non-hydrogen) atoms. The third kappa shape index (κ3) is 5.02. The van der Waals surface area contributed by atoms with Gasteiger partial charge in [-0.05, 0) is 60.5 Å². The minimum Gasteiger partial charge on any atom is -0.497 e. The van der Waals surface area contributed by atoms with E-state index in [1.807, 2.05) is 12.1 Å². The standard InChI is InChI=1S/C31H23F5N2O3S/c1-40-17-10-11-23-21(16-17)18-14-15-38(29(39)20-7-3-5-9-26(20)42-30(32)33)28(27(18)37-23)25-13-12-24(41-25)19-6-2-4-8-22(19)31(34,35)36/h2-13,16,28,30,37H,14-15H2,1H3. The van der Waals surface area contributed by atoms with Crippen LogP contribution in [-0.4, -0.2) is 35.2 Å². The summed E-state index contributed by atoms with van der Waals surface area (Å²) in [5.41, 5.74) is 1.43. The van der Waals surface area contributed by atoms with Gasteiger partial charge in [0.25, 0.3) is 11.7 Å². The minimum absolute atomic E-state index is 0.0103. The monoisotopic (exact) mass is 598 g/mol. The van der Waals surface area contributed by atoms with Crippen molar-refractivity contribution < 1.29 is 35.9 Å². The molecule has 0 saturated heterocycles. The lowest BCUT2D eigenvalue weighted by Crippen LogP contribution is -2.40. The number of amides is 1. The SMILES string of the molecule is COc1ccc2[nH]c3c(c2c1)CCN(C(=O)c1ccccc1SC(F)F)C3c1ccc(-c2ccccc2C(F)(F)F)o1. The third-order valence-electron chi connectivity index (χ3n) is 7.32. The van der Waals surface area contributed by atoms with Crippen molar-refractivity contribution in [2.45, 2.75) is 29.3 Å². The summed E-state index contributed by atoms with van der Waals surface area (Å²) in [6.45, 7) is 0.212. The molecule has 0 bridgehead atoms. The Kier molecular flexibility index (Phi) is 7.22. The van der Waals surface area contributed by atoms with Crippen molar-refractivity contribution in [1.29, 1.82) is 0 Å². The molecule has 1 amide bonds. The molecule has 2 aromatic heterocycles. The number of alkyl halides is 5. The van der Waals surface area contributed by atoms with Gasteiger partial charge in [0.15, 0.2) is 0 Å². The number of hydrogen-bond donors (Lipinski definition) is 1. The first-order valence-corrected chi connectivity index (χ1v) is 13.8. The normalized spacial score (nSPS) is 15.3. The molecular formula is C31H23F5N2O3S. The van der Waals surface area contributed by atoms with Crippen molar-refractivity contribution in [3.8, 4) is 17.1 Å². The van der Waals surface area contributed by atoms with Gasteiger partial charge >= 0.3 is 6.18 Å². The molecule has 1 N–H and O–H groups in total. The fourth-order valence-corrected chi connectivity index (χ4v) is 6.13. The predicted molar refractivity (Wildman–Crippen MR) is 149 cm³/mol. The Morgan fingerprint density at radius 2 is 1.81 bits per heavy atom. The van der Waals surface area contributed by atoms with Gasteiger partial charge in [-0.25, -0.2) is 0 Å². The maximum Gasteiger partial charge on any atom is 0.417 e. The number of rotatable bonds is 6. The highest BCUT2D eigenvalue weighted by Crippen LogP contribution is 2.44. The van der Waals surface area contributed by atoms with Crippen molar-refractivity contribution in [2.75, 3.05) is 13.7 Å². The average molecular weight is 599 g/mol.